The lowest BCUT2D eigenvalue weighted by Gasteiger charge is -2.21. The summed E-state index contributed by atoms with van der Waals surface area (Å²) in [6, 6.07) is 22.5. The lowest BCUT2D eigenvalue weighted by Crippen LogP contribution is -2.43. The molecule has 0 aromatic heterocycles. The summed E-state index contributed by atoms with van der Waals surface area (Å²) in [6.07, 6.45) is 0.239. The van der Waals surface area contributed by atoms with Gasteiger partial charge >= 0.3 is 11.9 Å². The second-order valence-electron chi connectivity index (χ2n) is 7.63. The van der Waals surface area contributed by atoms with Crippen LogP contribution in [0.5, 0.6) is 0 Å². The van der Waals surface area contributed by atoms with Crippen LogP contribution in [0, 0.1) is 5.92 Å². The molecule has 3 aromatic rings. The summed E-state index contributed by atoms with van der Waals surface area (Å²) in [5.41, 5.74) is 11.4. The maximum atomic E-state index is 12.8. The van der Waals surface area contributed by atoms with E-state index in [0.717, 1.165) is 32.3 Å². The number of carbonyl (C=O) groups excluding carboxylic acids is 1. The smallest absolute Gasteiger partial charge is 0.321 e. The average Bonchev–Trinajstić information content (AvgIpc) is 3.07. The van der Waals surface area contributed by atoms with Crippen LogP contribution in [0.1, 0.15) is 22.6 Å². The van der Waals surface area contributed by atoms with Crippen LogP contribution in [0.25, 0.3) is 11.1 Å². The highest BCUT2D eigenvalue weighted by atomic mass is 79.9. The predicted molar refractivity (Wildman–Crippen MR) is 122 cm³/mol. The Balaban J connectivity index is 1.50. The molecule has 158 valence electrons. The molecule has 31 heavy (non-hydrogen) atoms. The molecular weight excluding hydrogens is 458 g/mol. The number of fused-ring (bicyclic) bond motifs is 3. The van der Waals surface area contributed by atoms with Crippen LogP contribution in [-0.4, -0.2) is 29.7 Å². The van der Waals surface area contributed by atoms with Gasteiger partial charge in [-0.25, -0.2) is 0 Å². The zero-order chi connectivity index (χ0) is 22.0. The lowest BCUT2D eigenvalue weighted by molar-refractivity contribution is -0.159. The van der Waals surface area contributed by atoms with E-state index in [0.29, 0.717) is 0 Å². The molecule has 2 atom stereocenters. The Kier molecular flexibility index (Phi) is 6.20. The van der Waals surface area contributed by atoms with E-state index in [2.05, 4.69) is 15.9 Å². The Morgan fingerprint density at radius 1 is 0.935 bits per heavy atom. The van der Waals surface area contributed by atoms with Crippen molar-refractivity contribution in [2.24, 2.45) is 11.7 Å². The maximum Gasteiger partial charge on any atom is 0.321 e. The fourth-order valence-electron chi connectivity index (χ4n) is 4.19. The number of carboxylic acids is 1. The topological polar surface area (TPSA) is 89.6 Å². The van der Waals surface area contributed by atoms with Gasteiger partial charge in [-0.3, -0.25) is 9.59 Å². The van der Waals surface area contributed by atoms with Gasteiger partial charge in [0.25, 0.3) is 0 Å². The Morgan fingerprint density at radius 2 is 1.48 bits per heavy atom. The minimum atomic E-state index is -1.45. The molecule has 3 N–H and O–H groups in total. The Bertz CT molecular complexity index is 1080. The molecule has 0 saturated carbocycles. The van der Waals surface area contributed by atoms with Crippen molar-refractivity contribution >= 4 is 27.9 Å². The van der Waals surface area contributed by atoms with Crippen LogP contribution in [0.3, 0.4) is 0 Å². The van der Waals surface area contributed by atoms with E-state index in [1.165, 1.54) is 0 Å². The predicted octanol–water partition coefficient (Wildman–Crippen LogP) is 4.38. The van der Waals surface area contributed by atoms with Crippen molar-refractivity contribution in [3.8, 4) is 11.1 Å². The van der Waals surface area contributed by atoms with Gasteiger partial charge in [0.05, 0.1) is 0 Å². The SMILES string of the molecule is N[C@@H](Cc1ccccc1Br)[C@@H](C(=O)O)C(=O)OCC1c2ccccc2-c2ccccc21. The van der Waals surface area contributed by atoms with Crippen molar-refractivity contribution in [3.63, 3.8) is 0 Å². The highest BCUT2D eigenvalue weighted by Crippen LogP contribution is 2.44. The second-order valence-corrected chi connectivity index (χ2v) is 8.49. The van der Waals surface area contributed by atoms with Gasteiger partial charge < -0.3 is 15.6 Å². The number of carboxylic acid groups (broad SMARTS) is 1. The molecule has 0 unspecified atom stereocenters. The van der Waals surface area contributed by atoms with E-state index in [9.17, 15) is 14.7 Å². The highest BCUT2D eigenvalue weighted by molar-refractivity contribution is 9.10. The Labute approximate surface area is 189 Å². The molecule has 5 nitrogen and oxygen atoms in total. The Hall–Kier alpha value is -2.96. The zero-order valence-corrected chi connectivity index (χ0v) is 18.3. The molecule has 1 aliphatic rings. The van der Waals surface area contributed by atoms with Crippen LogP contribution in [0.4, 0.5) is 0 Å². The number of aliphatic carboxylic acids is 1. The number of ether oxygens (including phenoxy) is 1. The normalized spacial score (nSPS) is 14.4. The summed E-state index contributed by atoms with van der Waals surface area (Å²) in [5, 5.41) is 9.68. The standard InChI is InChI=1S/C25H22BrNO4/c26-21-12-6-1-7-15(21)13-22(27)23(24(28)29)25(30)31-14-20-18-10-4-2-8-16(18)17-9-3-5-11-19(17)20/h1-12,20,22-23H,13-14,27H2,(H,28,29)/t22-,23-/m0/s1. The molecule has 1 aliphatic carbocycles. The van der Waals surface area contributed by atoms with Gasteiger partial charge in [0.15, 0.2) is 5.92 Å². The molecule has 4 rings (SSSR count). The second kappa shape index (κ2) is 9.04. The number of nitrogens with two attached hydrogens (primary N) is 1. The maximum absolute atomic E-state index is 12.8. The molecule has 0 bridgehead atoms. The van der Waals surface area contributed by atoms with Crippen LogP contribution >= 0.6 is 15.9 Å². The number of carbonyl (C=O) groups is 2. The lowest BCUT2D eigenvalue weighted by atomic mass is 9.94. The van der Waals surface area contributed by atoms with Crippen molar-refractivity contribution in [1.29, 1.82) is 0 Å². The summed E-state index contributed by atoms with van der Waals surface area (Å²) in [4.78, 5) is 24.6. The van der Waals surface area contributed by atoms with Crippen LogP contribution < -0.4 is 5.73 Å². The third kappa shape index (κ3) is 4.27. The summed E-state index contributed by atoms with van der Waals surface area (Å²) in [5.74, 6) is -3.67. The van der Waals surface area contributed by atoms with Gasteiger partial charge in [-0.2, -0.15) is 0 Å². The molecular formula is C25H22BrNO4. The fraction of sp³-hybridized carbons (Fsp3) is 0.200. The number of hydrogen-bond acceptors (Lipinski definition) is 4. The molecule has 0 fully saturated rings. The van der Waals surface area contributed by atoms with Crippen molar-refractivity contribution in [2.45, 2.75) is 18.4 Å². The van der Waals surface area contributed by atoms with Crippen LogP contribution in [-0.2, 0) is 20.7 Å². The third-order valence-corrected chi connectivity index (χ3v) is 6.49. The Morgan fingerprint density at radius 3 is 2.06 bits per heavy atom. The molecule has 3 aromatic carbocycles. The summed E-state index contributed by atoms with van der Waals surface area (Å²) < 4.78 is 6.36. The molecule has 0 amide bonds. The quantitative estimate of drug-likeness (QED) is 0.387. The van der Waals surface area contributed by atoms with Gasteiger partial charge in [0.2, 0.25) is 0 Å². The summed E-state index contributed by atoms with van der Waals surface area (Å²) in [6.45, 7) is 0.0678. The number of benzene rings is 3. The average molecular weight is 480 g/mol. The van der Waals surface area contributed by atoms with Crippen molar-refractivity contribution in [1.82, 2.24) is 0 Å². The number of hydrogen-bond donors (Lipinski definition) is 2. The minimum Gasteiger partial charge on any atom is -0.481 e. The van der Waals surface area contributed by atoms with Crippen molar-refractivity contribution < 1.29 is 19.4 Å². The largest absolute Gasteiger partial charge is 0.481 e. The van der Waals surface area contributed by atoms with Crippen molar-refractivity contribution in [2.75, 3.05) is 6.61 Å². The summed E-state index contributed by atoms with van der Waals surface area (Å²) >= 11 is 3.43. The minimum absolute atomic E-state index is 0.0678. The van der Waals surface area contributed by atoms with Crippen LogP contribution in [0.2, 0.25) is 0 Å². The van der Waals surface area contributed by atoms with Gasteiger partial charge in [-0.1, -0.05) is 82.7 Å². The van der Waals surface area contributed by atoms with E-state index in [1.54, 1.807) is 0 Å². The first-order chi connectivity index (χ1) is 15.0. The fourth-order valence-corrected chi connectivity index (χ4v) is 4.64. The monoisotopic (exact) mass is 479 g/mol. The molecule has 0 heterocycles. The van der Waals surface area contributed by atoms with Crippen molar-refractivity contribution in [3.05, 3.63) is 94.0 Å². The molecule has 0 aliphatic heterocycles. The third-order valence-electron chi connectivity index (χ3n) is 5.72. The first-order valence-corrected chi connectivity index (χ1v) is 10.8. The first kappa shape index (κ1) is 21.3. The molecule has 6 heteroatoms. The van der Waals surface area contributed by atoms with E-state index in [1.807, 2.05) is 72.8 Å². The van der Waals surface area contributed by atoms with E-state index in [4.69, 9.17) is 10.5 Å². The highest BCUT2D eigenvalue weighted by Gasteiger charge is 2.36. The van der Waals surface area contributed by atoms with Crippen LogP contribution in [0.15, 0.2) is 77.3 Å². The number of halogens is 1. The number of rotatable bonds is 7. The van der Waals surface area contributed by atoms with Gasteiger partial charge in [0.1, 0.15) is 6.61 Å². The molecule has 0 saturated heterocycles. The zero-order valence-electron chi connectivity index (χ0n) is 16.7. The van der Waals surface area contributed by atoms with E-state index in [-0.39, 0.29) is 18.9 Å². The van der Waals surface area contributed by atoms with Gasteiger partial charge in [0, 0.05) is 16.4 Å². The molecule has 0 spiro atoms. The summed E-state index contributed by atoms with van der Waals surface area (Å²) in [7, 11) is 0. The van der Waals surface area contributed by atoms with E-state index >= 15 is 0 Å². The first-order valence-electron chi connectivity index (χ1n) is 10.0. The molecule has 0 radical (unpaired) electrons. The number of esters is 1. The van der Waals surface area contributed by atoms with E-state index < -0.39 is 23.9 Å². The van der Waals surface area contributed by atoms with Gasteiger partial charge in [-0.15, -0.1) is 0 Å². The van der Waals surface area contributed by atoms with Gasteiger partial charge in [-0.05, 0) is 40.3 Å².